The molecule has 278 valence electrons. The fourth-order valence-electron chi connectivity index (χ4n) is 5.41. The molecule has 0 saturated carbocycles. The van der Waals surface area contributed by atoms with Crippen molar-refractivity contribution in [2.75, 3.05) is 26.4 Å². The Balaban J connectivity index is 5.06. The van der Waals surface area contributed by atoms with Gasteiger partial charge >= 0.3 is 0 Å². The van der Waals surface area contributed by atoms with Crippen LogP contribution in [0.15, 0.2) is 0 Å². The summed E-state index contributed by atoms with van der Waals surface area (Å²) in [6.07, 6.45) is 1.72. The molecule has 3 unspecified atom stereocenters. The first kappa shape index (κ1) is 45.6. The molecule has 0 rings (SSSR count). The lowest BCUT2D eigenvalue weighted by atomic mass is 9.68. The fraction of sp³-hybridized carbons (Fsp3) is 1.00. The van der Waals surface area contributed by atoms with Crippen LogP contribution in [0.2, 0.25) is 0 Å². The fourth-order valence-corrected chi connectivity index (χ4v) is 5.41. The van der Waals surface area contributed by atoms with E-state index in [1.54, 1.807) is 0 Å². The number of ether oxygens (including phenoxy) is 3. The lowest BCUT2D eigenvalue weighted by Crippen LogP contribution is -2.51. The third-order valence-corrected chi connectivity index (χ3v) is 11.9. The number of nitrogens with one attached hydrogen (secondary N) is 1. The standard InChI is InChI=1S/C38H77F3N2O3/c1-27(25-45-32(8,9)24-29(3)43-22-20-31(6,7)38(40,41)35(14,15)39)33(10,11)37(18,19)44-23-21-30(4,5)36(16,17)46-26-28(2)34(12,13)42/h27-29,43H,20-26,42H2,1-19H3. The summed E-state index contributed by atoms with van der Waals surface area (Å²) in [7, 11) is 0. The van der Waals surface area contributed by atoms with E-state index in [0.717, 1.165) is 20.3 Å². The molecule has 5 nitrogen and oxygen atoms in total. The van der Waals surface area contributed by atoms with Crippen molar-refractivity contribution in [2.45, 2.75) is 191 Å². The van der Waals surface area contributed by atoms with Gasteiger partial charge in [-0.1, -0.05) is 55.4 Å². The van der Waals surface area contributed by atoms with Gasteiger partial charge in [-0.25, -0.2) is 13.2 Å². The zero-order valence-corrected chi connectivity index (χ0v) is 33.6. The van der Waals surface area contributed by atoms with Crippen molar-refractivity contribution in [3.05, 3.63) is 0 Å². The summed E-state index contributed by atoms with van der Waals surface area (Å²) in [5, 5.41) is 3.36. The van der Waals surface area contributed by atoms with E-state index in [2.05, 4.69) is 88.4 Å². The Morgan fingerprint density at radius 3 is 1.54 bits per heavy atom. The second-order valence-corrected chi connectivity index (χ2v) is 19.0. The lowest BCUT2D eigenvalue weighted by molar-refractivity contribution is -0.195. The molecule has 0 aromatic heterocycles. The highest BCUT2D eigenvalue weighted by Crippen LogP contribution is 2.48. The monoisotopic (exact) mass is 667 g/mol. The summed E-state index contributed by atoms with van der Waals surface area (Å²) < 4.78 is 63.1. The van der Waals surface area contributed by atoms with Gasteiger partial charge in [-0.05, 0) is 125 Å². The molecule has 3 N–H and O–H groups in total. The second-order valence-electron chi connectivity index (χ2n) is 19.0. The van der Waals surface area contributed by atoms with E-state index in [-0.39, 0.29) is 46.3 Å². The largest absolute Gasteiger partial charge is 0.375 e. The smallest absolute Gasteiger partial charge is 0.285 e. The summed E-state index contributed by atoms with van der Waals surface area (Å²) in [4.78, 5) is 0. The topological polar surface area (TPSA) is 65.7 Å². The van der Waals surface area contributed by atoms with E-state index in [0.29, 0.717) is 32.8 Å². The van der Waals surface area contributed by atoms with E-state index in [9.17, 15) is 13.2 Å². The molecular formula is C38H77F3N2O3. The molecule has 3 atom stereocenters. The average Bonchev–Trinajstić information content (AvgIpc) is 2.83. The highest BCUT2D eigenvalue weighted by Gasteiger charge is 2.57. The quantitative estimate of drug-likeness (QED) is 0.120. The SMILES string of the molecule is CC(CC(C)(C)OCC(C)C(C)(C)C(C)(C)OCCC(C)(C)C(C)(C)OCC(C)C(C)(C)N)NCCC(C)(C)C(F)(F)C(C)(C)F. The summed E-state index contributed by atoms with van der Waals surface area (Å²) in [6, 6.07) is 0.0440. The van der Waals surface area contributed by atoms with E-state index in [1.807, 2.05) is 20.8 Å². The minimum absolute atomic E-state index is 0.0440. The van der Waals surface area contributed by atoms with Gasteiger partial charge in [0.1, 0.15) is 0 Å². The van der Waals surface area contributed by atoms with Gasteiger partial charge in [0.05, 0.1) is 30.0 Å². The summed E-state index contributed by atoms with van der Waals surface area (Å²) in [5.74, 6) is -3.00. The number of alkyl halides is 3. The van der Waals surface area contributed by atoms with Crippen LogP contribution in [0.5, 0.6) is 0 Å². The number of hydrogen-bond acceptors (Lipinski definition) is 5. The van der Waals surface area contributed by atoms with E-state index in [4.69, 9.17) is 19.9 Å². The van der Waals surface area contributed by atoms with Gasteiger partial charge in [-0.2, -0.15) is 0 Å². The predicted octanol–water partition coefficient (Wildman–Crippen LogP) is 9.99. The molecule has 0 amide bonds. The molecule has 0 heterocycles. The second kappa shape index (κ2) is 15.6. The van der Waals surface area contributed by atoms with Crippen molar-refractivity contribution in [3.63, 3.8) is 0 Å². The zero-order chi connectivity index (χ0) is 37.0. The van der Waals surface area contributed by atoms with Crippen LogP contribution in [0.4, 0.5) is 13.2 Å². The maximum atomic E-state index is 14.7. The zero-order valence-electron chi connectivity index (χ0n) is 33.6. The Morgan fingerprint density at radius 1 is 0.609 bits per heavy atom. The molecule has 0 spiro atoms. The molecule has 0 saturated heterocycles. The van der Waals surface area contributed by atoms with Crippen molar-refractivity contribution < 1.29 is 27.4 Å². The van der Waals surface area contributed by atoms with Crippen LogP contribution in [0.3, 0.4) is 0 Å². The average molecular weight is 667 g/mol. The molecule has 0 radical (unpaired) electrons. The summed E-state index contributed by atoms with van der Waals surface area (Å²) in [5.41, 5.74) is 0.467. The minimum atomic E-state index is -3.43. The number of hydrogen-bond donors (Lipinski definition) is 2. The van der Waals surface area contributed by atoms with Gasteiger partial charge in [0.15, 0.2) is 5.67 Å². The molecule has 46 heavy (non-hydrogen) atoms. The first-order valence-electron chi connectivity index (χ1n) is 17.6. The molecule has 0 fully saturated rings. The van der Waals surface area contributed by atoms with Crippen LogP contribution in [-0.2, 0) is 14.2 Å². The molecular weight excluding hydrogens is 589 g/mol. The maximum absolute atomic E-state index is 14.7. The molecule has 0 aromatic rings. The van der Waals surface area contributed by atoms with Crippen LogP contribution in [0.1, 0.15) is 151 Å². The number of rotatable bonds is 22. The van der Waals surface area contributed by atoms with Crippen molar-refractivity contribution in [1.29, 1.82) is 0 Å². The van der Waals surface area contributed by atoms with Gasteiger partial charge in [-0.3, -0.25) is 0 Å². The van der Waals surface area contributed by atoms with Crippen LogP contribution in [-0.4, -0.2) is 66.3 Å². The lowest BCUT2D eigenvalue weighted by Gasteiger charge is -2.47. The Bertz CT molecular complexity index is 915. The van der Waals surface area contributed by atoms with Crippen LogP contribution < -0.4 is 11.1 Å². The summed E-state index contributed by atoms with van der Waals surface area (Å²) in [6.45, 7) is 39.1. The van der Waals surface area contributed by atoms with Crippen LogP contribution in [0.25, 0.3) is 0 Å². The van der Waals surface area contributed by atoms with E-state index in [1.165, 1.54) is 13.8 Å². The number of nitrogens with two attached hydrogens (primary N) is 1. The normalized spacial score (nSPS) is 17.3. The van der Waals surface area contributed by atoms with Gasteiger partial charge in [0.2, 0.25) is 0 Å². The molecule has 0 aliphatic heterocycles. The van der Waals surface area contributed by atoms with Gasteiger partial charge in [0.25, 0.3) is 5.92 Å². The van der Waals surface area contributed by atoms with Crippen molar-refractivity contribution in [2.24, 2.45) is 33.8 Å². The minimum Gasteiger partial charge on any atom is -0.375 e. The van der Waals surface area contributed by atoms with Crippen LogP contribution >= 0.6 is 0 Å². The summed E-state index contributed by atoms with van der Waals surface area (Å²) >= 11 is 0. The molecule has 0 aliphatic carbocycles. The molecule has 0 aromatic carbocycles. The van der Waals surface area contributed by atoms with Crippen molar-refractivity contribution in [1.82, 2.24) is 5.32 Å². The maximum Gasteiger partial charge on any atom is 0.285 e. The van der Waals surface area contributed by atoms with Gasteiger partial charge in [-0.15, -0.1) is 0 Å². The predicted molar refractivity (Wildman–Crippen MR) is 189 cm³/mol. The molecule has 0 bridgehead atoms. The van der Waals surface area contributed by atoms with E-state index >= 15 is 0 Å². The van der Waals surface area contributed by atoms with Crippen molar-refractivity contribution >= 4 is 0 Å². The Labute approximate surface area is 283 Å². The Kier molecular flexibility index (Phi) is 15.5. The highest BCUT2D eigenvalue weighted by molar-refractivity contribution is 4.98. The van der Waals surface area contributed by atoms with Gasteiger partial charge in [0, 0.05) is 23.6 Å². The Morgan fingerprint density at radius 2 is 1.09 bits per heavy atom. The third kappa shape index (κ3) is 12.5. The molecule has 8 heteroatoms. The van der Waals surface area contributed by atoms with Crippen molar-refractivity contribution in [3.8, 4) is 0 Å². The van der Waals surface area contributed by atoms with Gasteiger partial charge < -0.3 is 25.3 Å². The first-order valence-corrected chi connectivity index (χ1v) is 17.6. The van der Waals surface area contributed by atoms with Crippen LogP contribution in [0, 0.1) is 28.1 Å². The first-order chi connectivity index (χ1) is 20.1. The van der Waals surface area contributed by atoms with E-state index < -0.39 is 28.2 Å². The number of halogens is 3. The third-order valence-electron chi connectivity index (χ3n) is 11.9. The molecule has 0 aliphatic rings. The highest BCUT2D eigenvalue weighted by atomic mass is 19.3. The Hall–Kier alpha value is -0.410.